The number of aryl methyl sites for hydroxylation is 2. The molecule has 2 aliphatic heterocycles. The summed E-state index contributed by atoms with van der Waals surface area (Å²) in [6.45, 7) is 10.5. The average molecular weight is 990 g/mol. The Balaban J connectivity index is 0.692. The summed E-state index contributed by atoms with van der Waals surface area (Å²) >= 11 is 1.57. The Kier molecular flexibility index (Phi) is 16.2. The van der Waals surface area contributed by atoms with Gasteiger partial charge in [0, 0.05) is 62.7 Å². The zero-order chi connectivity index (χ0) is 50.2. The zero-order valence-electron chi connectivity index (χ0n) is 40.8. The zero-order valence-corrected chi connectivity index (χ0v) is 41.6. The van der Waals surface area contributed by atoms with E-state index in [9.17, 15) is 29.1 Å². The monoisotopic (exact) mass is 989 g/mol. The van der Waals surface area contributed by atoms with Crippen molar-refractivity contribution in [2.45, 2.75) is 78.2 Å². The van der Waals surface area contributed by atoms with E-state index in [1.807, 2.05) is 94.9 Å². The van der Waals surface area contributed by atoms with Crippen LogP contribution in [0, 0.1) is 18.3 Å². The van der Waals surface area contributed by atoms with E-state index in [1.54, 1.807) is 28.3 Å². The van der Waals surface area contributed by atoms with Crippen molar-refractivity contribution in [3.8, 4) is 10.4 Å². The second kappa shape index (κ2) is 22.7. The number of imidazole rings is 1. The molecular formula is C51H63N11O8S. The fourth-order valence-corrected chi connectivity index (χ4v) is 9.93. The Morgan fingerprint density at radius 2 is 1.76 bits per heavy atom. The van der Waals surface area contributed by atoms with Gasteiger partial charge in [-0.2, -0.15) is 5.10 Å². The number of nitrogens with zero attached hydrogens (tertiary/aromatic N) is 6. The molecule has 2 fully saturated rings. The number of H-pyrrole nitrogens is 1. The molecular weight excluding hydrogens is 927 g/mol. The molecule has 4 atom stereocenters. The lowest BCUT2D eigenvalue weighted by Gasteiger charge is -2.35. The van der Waals surface area contributed by atoms with Gasteiger partial charge >= 0.3 is 0 Å². The predicted molar refractivity (Wildman–Crippen MR) is 269 cm³/mol. The predicted octanol–water partition coefficient (Wildman–Crippen LogP) is 4.30. The highest BCUT2D eigenvalue weighted by atomic mass is 32.1. The third-order valence-electron chi connectivity index (χ3n) is 12.9. The second-order valence-corrected chi connectivity index (χ2v) is 20.3. The van der Waals surface area contributed by atoms with Gasteiger partial charge in [-0.15, -0.1) is 11.3 Å². The fourth-order valence-electron chi connectivity index (χ4n) is 9.12. The maximum Gasteiger partial charge on any atom is 0.255 e. The standard InChI is InChI=1S/C51H63N11O8S/c1-31-46(71-30-54-31)34-8-6-32(7-9-34)24-53-49(67)42-23-38(63)27-62(42)50(68)47(51(2,3)4)59-45(65)29-70-19-18-69-17-15-52-44(64)20-33-14-16-61(26-33)28-43-57-39-12-11-37(22-40(39)58-43)56-48(66)35-10-13-41-36(21-35)25-55-60(41)5/h6-13,21-22,25,30,33,38,42,47,63H,14-20,23-24,26-29H2,1-5H3,(H,52,64)(H,53,67)(H,56,66)(H,57,58)(H,59,65)/t33?,38-,42+,47?/m1/s1. The summed E-state index contributed by atoms with van der Waals surface area (Å²) < 4.78 is 12.9. The van der Waals surface area contributed by atoms with E-state index in [0.717, 1.165) is 69.0 Å². The summed E-state index contributed by atoms with van der Waals surface area (Å²) in [5.74, 6) is -0.568. The van der Waals surface area contributed by atoms with Crippen LogP contribution in [-0.2, 0) is 48.8 Å². The van der Waals surface area contributed by atoms with Crippen molar-refractivity contribution in [3.05, 3.63) is 95.0 Å². The summed E-state index contributed by atoms with van der Waals surface area (Å²) in [7, 11) is 1.86. The van der Waals surface area contributed by atoms with Crippen LogP contribution in [0.5, 0.6) is 0 Å². The smallest absolute Gasteiger partial charge is 0.255 e. The van der Waals surface area contributed by atoms with Gasteiger partial charge in [-0.1, -0.05) is 45.0 Å². The first-order valence-electron chi connectivity index (χ1n) is 24.0. The number of aromatic amines is 1. The van der Waals surface area contributed by atoms with Crippen LogP contribution < -0.4 is 21.3 Å². The van der Waals surface area contributed by atoms with Gasteiger partial charge in [-0.3, -0.25) is 33.6 Å². The Morgan fingerprint density at radius 3 is 2.54 bits per heavy atom. The lowest BCUT2D eigenvalue weighted by molar-refractivity contribution is -0.144. The topological polar surface area (TPSA) is 238 Å². The molecule has 19 nitrogen and oxygen atoms in total. The number of β-amino-alcohol motifs (C(OH)–C–C–N with tert-alkyl or cyclic N) is 1. The lowest BCUT2D eigenvalue weighted by Crippen LogP contribution is -2.58. The Bertz CT molecular complexity index is 2850. The first-order chi connectivity index (χ1) is 34.1. The van der Waals surface area contributed by atoms with Gasteiger partial charge in [-0.25, -0.2) is 9.97 Å². The van der Waals surface area contributed by atoms with Gasteiger partial charge < -0.3 is 45.7 Å². The van der Waals surface area contributed by atoms with Crippen LogP contribution in [0.2, 0.25) is 0 Å². The maximum atomic E-state index is 14.0. The number of benzene rings is 3. The molecule has 0 aliphatic carbocycles. The van der Waals surface area contributed by atoms with Gasteiger partial charge in [0.2, 0.25) is 23.6 Å². The lowest BCUT2D eigenvalue weighted by atomic mass is 9.85. The molecule has 20 heteroatoms. The van der Waals surface area contributed by atoms with E-state index < -0.39 is 35.4 Å². The highest BCUT2D eigenvalue weighted by Gasteiger charge is 2.44. The molecule has 3 aromatic carbocycles. The number of carbonyl (C=O) groups is 5. The molecule has 376 valence electrons. The summed E-state index contributed by atoms with van der Waals surface area (Å²) in [5, 5.41) is 27.3. The minimum absolute atomic E-state index is 0.0272. The molecule has 0 saturated carbocycles. The Morgan fingerprint density at radius 1 is 0.958 bits per heavy atom. The minimum atomic E-state index is -0.982. The SMILES string of the molecule is Cc1ncsc1-c1ccc(CNC(=O)[C@@H]2C[C@@H](O)CN2C(=O)C(NC(=O)COCCOCCNC(=O)CC2CCN(Cc3nc4ccc(NC(=O)c5ccc6c(cnn6C)c5)cc4[nH]3)C2)C(C)(C)C)cc1. The number of amides is 5. The number of hydrogen-bond acceptors (Lipinski definition) is 13. The van der Waals surface area contributed by atoms with Crippen LogP contribution in [0.4, 0.5) is 5.69 Å². The Hall–Kier alpha value is -6.58. The minimum Gasteiger partial charge on any atom is -0.391 e. The molecule has 0 radical (unpaired) electrons. The molecule has 0 bridgehead atoms. The van der Waals surface area contributed by atoms with E-state index >= 15 is 0 Å². The van der Waals surface area contributed by atoms with Crippen LogP contribution in [-0.4, -0.2) is 140 Å². The fraction of sp³-hybridized carbons (Fsp3) is 0.451. The molecule has 2 saturated heterocycles. The number of aromatic nitrogens is 5. The first-order valence-corrected chi connectivity index (χ1v) is 24.9. The van der Waals surface area contributed by atoms with Crippen LogP contribution >= 0.6 is 11.3 Å². The number of fused-ring (bicyclic) bond motifs is 2. The quantitative estimate of drug-likeness (QED) is 0.0588. The van der Waals surface area contributed by atoms with Crippen molar-refractivity contribution in [1.82, 2.24) is 50.5 Å². The summed E-state index contributed by atoms with van der Waals surface area (Å²) in [6, 6.07) is 17.1. The number of aliphatic hydroxyl groups excluding tert-OH is 1. The Labute approximate surface area is 416 Å². The van der Waals surface area contributed by atoms with Gasteiger partial charge in [-0.05, 0) is 78.7 Å². The third-order valence-corrected chi connectivity index (χ3v) is 13.9. The van der Waals surface area contributed by atoms with Crippen molar-refractivity contribution in [1.29, 1.82) is 0 Å². The van der Waals surface area contributed by atoms with Crippen molar-refractivity contribution in [2.75, 3.05) is 57.9 Å². The number of ether oxygens (including phenoxy) is 2. The summed E-state index contributed by atoms with van der Waals surface area (Å²) in [6.07, 6.45) is 2.24. The number of hydrogen-bond donors (Lipinski definition) is 6. The second-order valence-electron chi connectivity index (χ2n) is 19.5. The number of likely N-dealkylation sites (tertiary alicyclic amines) is 2. The van der Waals surface area contributed by atoms with Crippen LogP contribution in [0.25, 0.3) is 32.4 Å². The molecule has 0 spiro atoms. The van der Waals surface area contributed by atoms with E-state index in [2.05, 4.69) is 41.2 Å². The first kappa shape index (κ1) is 50.8. The van der Waals surface area contributed by atoms with Crippen LogP contribution in [0.3, 0.4) is 0 Å². The molecule has 5 amide bonds. The van der Waals surface area contributed by atoms with Crippen molar-refractivity contribution >= 4 is 68.5 Å². The molecule has 5 heterocycles. The average Bonchev–Trinajstić information content (AvgIpc) is 4.20. The van der Waals surface area contributed by atoms with E-state index in [-0.39, 0.29) is 69.6 Å². The van der Waals surface area contributed by atoms with Crippen molar-refractivity contribution in [2.24, 2.45) is 18.4 Å². The van der Waals surface area contributed by atoms with Gasteiger partial charge in [0.15, 0.2) is 0 Å². The van der Waals surface area contributed by atoms with E-state index in [0.29, 0.717) is 30.8 Å². The van der Waals surface area contributed by atoms with Gasteiger partial charge in [0.25, 0.3) is 5.91 Å². The van der Waals surface area contributed by atoms with Crippen LogP contribution in [0.1, 0.15) is 67.5 Å². The molecule has 2 unspecified atom stereocenters. The molecule has 2 aliphatic rings. The number of thiazole rings is 1. The number of anilines is 1. The number of rotatable bonds is 20. The van der Waals surface area contributed by atoms with E-state index in [4.69, 9.17) is 14.5 Å². The van der Waals surface area contributed by atoms with Gasteiger partial charge in [0.1, 0.15) is 24.5 Å². The molecule has 3 aromatic heterocycles. The maximum absolute atomic E-state index is 14.0. The molecule has 6 N–H and O–H groups in total. The number of carbonyl (C=O) groups excluding carboxylic acids is 5. The highest BCUT2D eigenvalue weighted by molar-refractivity contribution is 7.13. The van der Waals surface area contributed by atoms with Gasteiger partial charge in [0.05, 0.1) is 71.3 Å². The largest absolute Gasteiger partial charge is 0.391 e. The van der Waals surface area contributed by atoms with Crippen LogP contribution in [0.15, 0.2) is 72.4 Å². The van der Waals surface area contributed by atoms with E-state index in [1.165, 1.54) is 4.90 Å². The number of aliphatic hydroxyl groups is 1. The summed E-state index contributed by atoms with van der Waals surface area (Å²) in [4.78, 5) is 83.4. The molecule has 8 rings (SSSR count). The van der Waals surface area contributed by atoms with Crippen molar-refractivity contribution < 1.29 is 38.6 Å². The highest BCUT2D eigenvalue weighted by Crippen LogP contribution is 2.29. The number of nitrogens with one attached hydrogen (secondary N) is 5. The summed E-state index contributed by atoms with van der Waals surface area (Å²) in [5.41, 5.74) is 7.77. The normalized spacial score (nSPS) is 17.7. The third kappa shape index (κ3) is 13.0. The van der Waals surface area contributed by atoms with Crippen molar-refractivity contribution in [3.63, 3.8) is 0 Å². The molecule has 6 aromatic rings. The molecule has 71 heavy (non-hydrogen) atoms.